The quantitative estimate of drug-likeness (QED) is 0.491. The Morgan fingerprint density at radius 1 is 1.20 bits per heavy atom. The summed E-state index contributed by atoms with van der Waals surface area (Å²) in [5, 5.41) is 16.0. The van der Waals surface area contributed by atoms with E-state index in [1.807, 2.05) is 31.2 Å². The summed E-state index contributed by atoms with van der Waals surface area (Å²) in [6.45, 7) is 3.16. The van der Waals surface area contributed by atoms with Gasteiger partial charge in [0.2, 0.25) is 5.76 Å². The van der Waals surface area contributed by atoms with Crippen LogP contribution in [0.15, 0.2) is 46.9 Å². The molecular weight excluding hydrogens is 390 g/mol. The van der Waals surface area contributed by atoms with Crippen LogP contribution < -0.4 is 4.74 Å². The molecule has 158 valence electrons. The van der Waals surface area contributed by atoms with Crippen LogP contribution in [-0.4, -0.2) is 58.9 Å². The fourth-order valence-electron chi connectivity index (χ4n) is 2.85. The zero-order valence-corrected chi connectivity index (χ0v) is 16.8. The van der Waals surface area contributed by atoms with Crippen LogP contribution in [0.3, 0.4) is 0 Å². The number of aromatic carboxylic acids is 1. The summed E-state index contributed by atoms with van der Waals surface area (Å²) in [5.41, 5.74) is 1.77. The van der Waals surface area contributed by atoms with Crippen LogP contribution in [0.25, 0.3) is 11.3 Å². The number of carboxylic acids is 1. The number of nitrogens with one attached hydrogen (secondary N) is 1. The van der Waals surface area contributed by atoms with Crippen molar-refractivity contribution in [2.75, 3.05) is 26.9 Å². The zero-order valence-electron chi connectivity index (χ0n) is 16.8. The highest BCUT2D eigenvalue weighted by atomic mass is 16.5. The van der Waals surface area contributed by atoms with Gasteiger partial charge >= 0.3 is 5.97 Å². The molecule has 0 bridgehead atoms. The lowest BCUT2D eigenvalue weighted by molar-refractivity contribution is 0.0612. The van der Waals surface area contributed by atoms with E-state index in [1.165, 1.54) is 11.0 Å². The Bertz CT molecular complexity index is 992. The number of methoxy groups -OCH3 is 1. The third-order valence-electron chi connectivity index (χ3n) is 4.41. The van der Waals surface area contributed by atoms with Gasteiger partial charge in [-0.1, -0.05) is 0 Å². The first kappa shape index (κ1) is 21.1. The molecule has 3 rings (SSSR count). The molecule has 1 aromatic carbocycles. The second kappa shape index (κ2) is 9.75. The van der Waals surface area contributed by atoms with Crippen molar-refractivity contribution in [3.8, 4) is 17.0 Å². The van der Waals surface area contributed by atoms with E-state index in [2.05, 4.69) is 10.2 Å². The molecule has 0 atom stereocenters. The van der Waals surface area contributed by atoms with Crippen LogP contribution in [0.2, 0.25) is 0 Å². The van der Waals surface area contributed by atoms with E-state index < -0.39 is 5.97 Å². The topological polar surface area (TPSA) is 118 Å². The number of carbonyl (C=O) groups excluding carboxylic acids is 1. The second-order valence-corrected chi connectivity index (χ2v) is 6.39. The lowest BCUT2D eigenvalue weighted by Gasteiger charge is -2.20. The van der Waals surface area contributed by atoms with Crippen molar-refractivity contribution >= 4 is 11.9 Å². The molecule has 0 saturated heterocycles. The molecule has 30 heavy (non-hydrogen) atoms. The molecule has 1 amide bonds. The molecule has 2 N–H and O–H groups in total. The van der Waals surface area contributed by atoms with E-state index in [0.717, 1.165) is 11.3 Å². The predicted molar refractivity (Wildman–Crippen MR) is 107 cm³/mol. The Morgan fingerprint density at radius 3 is 2.60 bits per heavy atom. The number of carbonyl (C=O) groups is 2. The Hall–Kier alpha value is -3.59. The number of hydrogen-bond acceptors (Lipinski definition) is 6. The molecule has 0 aliphatic carbocycles. The Kier molecular flexibility index (Phi) is 6.87. The van der Waals surface area contributed by atoms with Crippen LogP contribution in [0.1, 0.15) is 33.7 Å². The first-order chi connectivity index (χ1) is 14.5. The molecule has 0 unspecified atom stereocenters. The molecule has 2 heterocycles. The second-order valence-electron chi connectivity index (χ2n) is 6.39. The molecule has 0 fully saturated rings. The van der Waals surface area contributed by atoms with Gasteiger partial charge in [0.15, 0.2) is 0 Å². The summed E-state index contributed by atoms with van der Waals surface area (Å²) in [6, 6.07) is 11.9. The number of nitrogens with zero attached hydrogens (tertiary/aromatic N) is 2. The van der Waals surface area contributed by atoms with Crippen molar-refractivity contribution in [3.05, 3.63) is 59.7 Å². The van der Waals surface area contributed by atoms with E-state index in [-0.39, 0.29) is 18.2 Å². The van der Waals surface area contributed by atoms with Crippen molar-refractivity contribution in [2.24, 2.45) is 0 Å². The fourth-order valence-corrected chi connectivity index (χ4v) is 2.85. The van der Waals surface area contributed by atoms with E-state index in [4.69, 9.17) is 19.0 Å². The summed E-state index contributed by atoms with van der Waals surface area (Å²) in [4.78, 5) is 25.6. The number of carboxylic acid groups (broad SMARTS) is 1. The molecule has 0 radical (unpaired) electrons. The number of aromatic amines is 1. The van der Waals surface area contributed by atoms with E-state index in [0.29, 0.717) is 36.9 Å². The van der Waals surface area contributed by atoms with Gasteiger partial charge in [0.25, 0.3) is 5.91 Å². The maximum atomic E-state index is 13.1. The van der Waals surface area contributed by atoms with Crippen molar-refractivity contribution in [2.45, 2.75) is 13.5 Å². The summed E-state index contributed by atoms with van der Waals surface area (Å²) >= 11 is 0. The van der Waals surface area contributed by atoms with Crippen LogP contribution in [0.5, 0.6) is 5.75 Å². The minimum absolute atomic E-state index is 0.107. The van der Waals surface area contributed by atoms with Gasteiger partial charge in [-0.05, 0) is 49.4 Å². The van der Waals surface area contributed by atoms with Crippen molar-refractivity contribution < 1.29 is 28.6 Å². The zero-order chi connectivity index (χ0) is 21.5. The third-order valence-corrected chi connectivity index (χ3v) is 4.41. The van der Waals surface area contributed by atoms with Gasteiger partial charge in [-0.3, -0.25) is 9.89 Å². The predicted octanol–water partition coefficient (Wildman–Crippen LogP) is 3.06. The van der Waals surface area contributed by atoms with E-state index >= 15 is 0 Å². The smallest absolute Gasteiger partial charge is 0.371 e. The largest absolute Gasteiger partial charge is 0.497 e. The molecule has 0 aliphatic heterocycles. The number of benzene rings is 1. The molecule has 9 nitrogen and oxygen atoms in total. The standard InChI is InChI=1S/C21H23N3O6/c1-3-29-11-10-24(13-16-8-9-19(30-16)21(26)27)20(25)18-12-17(22-23-18)14-4-6-15(28-2)7-5-14/h4-9,12H,3,10-11,13H2,1-2H3,(H,22,23)(H,26,27). The normalized spacial score (nSPS) is 10.7. The van der Waals surface area contributed by atoms with Crippen LogP contribution >= 0.6 is 0 Å². The molecule has 9 heteroatoms. The van der Waals surface area contributed by atoms with Crippen LogP contribution in [0, 0.1) is 0 Å². The lowest BCUT2D eigenvalue weighted by atomic mass is 10.1. The van der Waals surface area contributed by atoms with Gasteiger partial charge in [-0.15, -0.1) is 0 Å². The summed E-state index contributed by atoms with van der Waals surface area (Å²) in [6.07, 6.45) is 0. The average molecular weight is 413 g/mol. The molecule has 3 aromatic rings. The summed E-state index contributed by atoms with van der Waals surface area (Å²) < 4.78 is 15.8. The minimum atomic E-state index is -1.16. The Balaban J connectivity index is 1.77. The maximum absolute atomic E-state index is 13.1. The SMILES string of the molecule is CCOCCN(Cc1ccc(C(=O)O)o1)C(=O)c1cc(-c2ccc(OC)cc2)n[nH]1. The van der Waals surface area contributed by atoms with Crippen LogP contribution in [0.4, 0.5) is 0 Å². The van der Waals surface area contributed by atoms with Crippen LogP contribution in [-0.2, 0) is 11.3 Å². The van der Waals surface area contributed by atoms with Gasteiger partial charge in [-0.2, -0.15) is 5.10 Å². The lowest BCUT2D eigenvalue weighted by Crippen LogP contribution is -2.33. The first-order valence-electron chi connectivity index (χ1n) is 9.40. The number of ether oxygens (including phenoxy) is 2. The summed E-state index contributed by atoms with van der Waals surface area (Å²) in [5.74, 6) is -0.536. The van der Waals surface area contributed by atoms with Gasteiger partial charge in [0.1, 0.15) is 17.2 Å². The van der Waals surface area contributed by atoms with Gasteiger partial charge < -0.3 is 23.9 Å². The maximum Gasteiger partial charge on any atom is 0.371 e. The van der Waals surface area contributed by atoms with Gasteiger partial charge in [-0.25, -0.2) is 4.79 Å². The number of aromatic nitrogens is 2. The minimum Gasteiger partial charge on any atom is -0.497 e. The highest BCUT2D eigenvalue weighted by molar-refractivity contribution is 5.93. The highest BCUT2D eigenvalue weighted by Crippen LogP contribution is 2.22. The molecule has 0 spiro atoms. The first-order valence-corrected chi connectivity index (χ1v) is 9.40. The Labute approximate surface area is 173 Å². The van der Waals surface area contributed by atoms with Gasteiger partial charge in [0, 0.05) is 18.7 Å². The monoisotopic (exact) mass is 413 g/mol. The van der Waals surface area contributed by atoms with Crippen molar-refractivity contribution in [1.82, 2.24) is 15.1 Å². The number of H-pyrrole nitrogens is 1. The van der Waals surface area contributed by atoms with Crippen molar-refractivity contribution in [1.29, 1.82) is 0 Å². The van der Waals surface area contributed by atoms with Crippen molar-refractivity contribution in [3.63, 3.8) is 0 Å². The summed E-state index contributed by atoms with van der Waals surface area (Å²) in [7, 11) is 1.59. The fraction of sp³-hybridized carbons (Fsp3) is 0.286. The number of hydrogen-bond donors (Lipinski definition) is 2. The number of amides is 1. The molecule has 0 saturated carbocycles. The average Bonchev–Trinajstić information content (AvgIpc) is 3.43. The molecule has 0 aliphatic rings. The third kappa shape index (κ3) is 5.06. The van der Waals surface area contributed by atoms with E-state index in [1.54, 1.807) is 19.2 Å². The number of rotatable bonds is 10. The molecule has 2 aromatic heterocycles. The Morgan fingerprint density at radius 2 is 1.97 bits per heavy atom. The number of furan rings is 1. The highest BCUT2D eigenvalue weighted by Gasteiger charge is 2.21. The molecular formula is C21H23N3O6. The van der Waals surface area contributed by atoms with E-state index in [9.17, 15) is 9.59 Å². The van der Waals surface area contributed by atoms with Gasteiger partial charge in [0.05, 0.1) is 26.0 Å².